The number of hydrogen-bond donors (Lipinski definition) is 7. The Kier molecular flexibility index (Phi) is 28.0. The van der Waals surface area contributed by atoms with Crippen LogP contribution in [-0.4, -0.2) is 85.0 Å². The summed E-state index contributed by atoms with van der Waals surface area (Å²) in [5, 5.41) is 35.9. The van der Waals surface area contributed by atoms with Gasteiger partial charge in [0.1, 0.15) is 5.60 Å². The Morgan fingerprint density at radius 1 is 0.643 bits per heavy atom. The molecule has 0 amide bonds. The molecule has 8 nitrogen and oxygen atoms in total. The lowest BCUT2D eigenvalue weighted by molar-refractivity contribution is -0.163. The van der Waals surface area contributed by atoms with Crippen molar-refractivity contribution in [2.75, 3.05) is 45.8 Å². The molecule has 42 heavy (non-hydrogen) atoms. The predicted molar refractivity (Wildman–Crippen MR) is 183 cm³/mol. The molecule has 0 aliphatic heterocycles. The fraction of sp³-hybridized carbons (Fsp3) is 1.00. The number of aliphatic hydroxyl groups is 2. The number of nitrogens with one attached hydrogen (secondary N) is 3. The molecule has 0 bridgehead atoms. The second-order valence-electron chi connectivity index (χ2n) is 12.5. The van der Waals surface area contributed by atoms with Gasteiger partial charge in [0.15, 0.2) is 0 Å². The van der Waals surface area contributed by atoms with E-state index in [2.05, 4.69) is 48.5 Å². The summed E-state index contributed by atoms with van der Waals surface area (Å²) in [5.41, 5.74) is 10.0. The number of rotatable bonds is 32. The van der Waals surface area contributed by atoms with Crippen molar-refractivity contribution in [3.8, 4) is 0 Å². The van der Waals surface area contributed by atoms with Gasteiger partial charge in [-0.15, -0.1) is 0 Å². The smallest absolute Gasteiger partial charge is 0.147 e. The Hall–Kier alpha value is -0.320. The van der Waals surface area contributed by atoms with Crippen LogP contribution in [0.4, 0.5) is 0 Å². The molecule has 0 rings (SSSR count). The molecular formula is C34H76N6O2. The molecule has 0 saturated carbocycles. The lowest BCUT2D eigenvalue weighted by Gasteiger charge is -2.50. The van der Waals surface area contributed by atoms with Gasteiger partial charge in [-0.05, 0) is 103 Å². The molecule has 8 heteroatoms. The Bertz CT molecular complexity index is 548. The van der Waals surface area contributed by atoms with Gasteiger partial charge in [-0.3, -0.25) is 20.9 Å². The Labute approximate surface area is 261 Å². The number of aliphatic hydroxyl groups excluding tert-OH is 1. The summed E-state index contributed by atoms with van der Waals surface area (Å²) in [6.45, 7) is 16.7. The molecule has 0 spiro atoms. The van der Waals surface area contributed by atoms with Crippen LogP contribution in [0, 0.1) is 5.92 Å². The van der Waals surface area contributed by atoms with E-state index in [9.17, 15) is 10.2 Å². The monoisotopic (exact) mass is 601 g/mol. The van der Waals surface area contributed by atoms with Crippen LogP contribution in [0.3, 0.4) is 0 Å². The zero-order valence-electron chi connectivity index (χ0n) is 28.8. The highest BCUT2D eigenvalue weighted by Gasteiger charge is 2.51. The van der Waals surface area contributed by atoms with E-state index in [0.717, 1.165) is 129 Å². The summed E-state index contributed by atoms with van der Waals surface area (Å²) in [5.74, 6) is 0.555. The van der Waals surface area contributed by atoms with Crippen LogP contribution in [0.1, 0.15) is 144 Å². The molecule has 0 aliphatic rings. The van der Waals surface area contributed by atoms with E-state index >= 15 is 0 Å². The molecule has 0 heterocycles. The van der Waals surface area contributed by atoms with Crippen molar-refractivity contribution in [3.05, 3.63) is 0 Å². The normalized spacial score (nSPS) is 15.8. The lowest BCUT2D eigenvalue weighted by atomic mass is 9.85. The van der Waals surface area contributed by atoms with Crippen LogP contribution in [-0.2, 0) is 0 Å². The van der Waals surface area contributed by atoms with Crippen molar-refractivity contribution in [1.29, 1.82) is 0 Å². The van der Waals surface area contributed by atoms with E-state index in [4.69, 9.17) is 11.5 Å². The molecule has 0 saturated heterocycles. The number of unbranched alkanes of at least 4 members (excludes halogenated alkanes) is 9. The summed E-state index contributed by atoms with van der Waals surface area (Å²) < 4.78 is 0. The Balaban J connectivity index is 6.30. The predicted octanol–water partition coefficient (Wildman–Crippen LogP) is 5.07. The SMILES string of the molecule is CCCCC(CC)CNC(N(CCCC)CCCC)C(O)(C(O)CC)C(NCCCCCCN)NCCCCCCN. The van der Waals surface area contributed by atoms with Gasteiger partial charge >= 0.3 is 0 Å². The maximum absolute atomic E-state index is 12.9. The van der Waals surface area contributed by atoms with E-state index in [0.29, 0.717) is 12.3 Å². The quantitative estimate of drug-likeness (QED) is 0.0421. The highest BCUT2D eigenvalue weighted by atomic mass is 16.3. The topological polar surface area (TPSA) is 132 Å². The van der Waals surface area contributed by atoms with Crippen LogP contribution in [0.25, 0.3) is 0 Å². The molecule has 4 unspecified atom stereocenters. The third-order valence-corrected chi connectivity index (χ3v) is 8.89. The second-order valence-corrected chi connectivity index (χ2v) is 12.5. The minimum Gasteiger partial charge on any atom is -0.390 e. The van der Waals surface area contributed by atoms with Crippen LogP contribution in [0.5, 0.6) is 0 Å². The molecule has 0 aliphatic carbocycles. The highest BCUT2D eigenvalue weighted by Crippen LogP contribution is 2.27. The molecule has 0 radical (unpaired) electrons. The third kappa shape index (κ3) is 17.2. The summed E-state index contributed by atoms with van der Waals surface area (Å²) in [6.07, 6.45) is 16.5. The average molecular weight is 601 g/mol. The minimum absolute atomic E-state index is 0.360. The minimum atomic E-state index is -1.41. The molecule has 9 N–H and O–H groups in total. The van der Waals surface area contributed by atoms with Crippen LogP contribution in [0.15, 0.2) is 0 Å². The standard InChI is InChI=1S/C34H76N6O2/c1-6-11-22-30(9-4)29-39-33(40(27-12-7-2)28-13-8-3)34(42,31(41)10-5)32(37-25-20-16-14-18-23-35)38-26-21-17-15-19-24-36/h30-33,37-39,41-42H,6-29,35-36H2,1-5H3. The van der Waals surface area contributed by atoms with Gasteiger partial charge in [-0.2, -0.15) is 0 Å². The first-order valence-corrected chi connectivity index (χ1v) is 18.2. The van der Waals surface area contributed by atoms with Crippen molar-refractivity contribution in [1.82, 2.24) is 20.9 Å². The second kappa shape index (κ2) is 28.2. The molecule has 254 valence electrons. The van der Waals surface area contributed by atoms with Gasteiger partial charge in [0, 0.05) is 0 Å². The van der Waals surface area contributed by atoms with Gasteiger partial charge in [0.25, 0.3) is 0 Å². The summed E-state index contributed by atoms with van der Waals surface area (Å²) >= 11 is 0. The fourth-order valence-electron chi connectivity index (χ4n) is 5.90. The number of nitrogens with zero attached hydrogens (tertiary/aromatic N) is 1. The average Bonchev–Trinajstić information content (AvgIpc) is 3.01. The van der Waals surface area contributed by atoms with Crippen molar-refractivity contribution < 1.29 is 10.2 Å². The van der Waals surface area contributed by atoms with E-state index in [1.807, 2.05) is 6.92 Å². The van der Waals surface area contributed by atoms with Crippen molar-refractivity contribution in [2.24, 2.45) is 17.4 Å². The van der Waals surface area contributed by atoms with Crippen LogP contribution >= 0.6 is 0 Å². The van der Waals surface area contributed by atoms with Gasteiger partial charge in [-0.1, -0.05) is 92.4 Å². The zero-order chi connectivity index (χ0) is 31.5. The van der Waals surface area contributed by atoms with Gasteiger partial charge in [0.2, 0.25) is 0 Å². The summed E-state index contributed by atoms with van der Waals surface area (Å²) in [6, 6.07) is 0. The molecule has 4 atom stereocenters. The van der Waals surface area contributed by atoms with Crippen molar-refractivity contribution in [2.45, 2.75) is 168 Å². The van der Waals surface area contributed by atoms with E-state index in [1.54, 1.807) is 0 Å². The maximum atomic E-state index is 12.9. The van der Waals surface area contributed by atoms with Crippen LogP contribution in [0.2, 0.25) is 0 Å². The van der Waals surface area contributed by atoms with E-state index in [-0.39, 0.29) is 6.17 Å². The number of hydrogen-bond acceptors (Lipinski definition) is 8. The first kappa shape index (κ1) is 41.7. The van der Waals surface area contributed by atoms with Crippen LogP contribution < -0.4 is 27.4 Å². The molecule has 0 aromatic rings. The maximum Gasteiger partial charge on any atom is 0.147 e. The van der Waals surface area contributed by atoms with Crippen molar-refractivity contribution in [3.63, 3.8) is 0 Å². The largest absolute Gasteiger partial charge is 0.390 e. The van der Waals surface area contributed by atoms with E-state index < -0.39 is 17.9 Å². The molecule has 0 aromatic carbocycles. The number of nitrogens with two attached hydrogens (primary N) is 2. The lowest BCUT2D eigenvalue weighted by Crippen LogP contribution is -2.76. The molecular weight excluding hydrogens is 524 g/mol. The first-order chi connectivity index (χ1) is 20.4. The van der Waals surface area contributed by atoms with Gasteiger partial charge in [-0.25, -0.2) is 0 Å². The molecule has 0 fully saturated rings. The van der Waals surface area contributed by atoms with Crippen molar-refractivity contribution >= 4 is 0 Å². The van der Waals surface area contributed by atoms with Gasteiger partial charge < -0.3 is 21.7 Å². The third-order valence-electron chi connectivity index (χ3n) is 8.89. The molecule has 0 aromatic heterocycles. The Morgan fingerprint density at radius 2 is 1.14 bits per heavy atom. The fourth-order valence-corrected chi connectivity index (χ4v) is 5.90. The first-order valence-electron chi connectivity index (χ1n) is 18.2. The Morgan fingerprint density at radius 3 is 1.57 bits per heavy atom. The van der Waals surface area contributed by atoms with Gasteiger partial charge in [0.05, 0.1) is 18.4 Å². The van der Waals surface area contributed by atoms with E-state index in [1.165, 1.54) is 19.3 Å². The highest BCUT2D eigenvalue weighted by molar-refractivity contribution is 5.04. The zero-order valence-corrected chi connectivity index (χ0v) is 28.8. The summed E-state index contributed by atoms with van der Waals surface area (Å²) in [7, 11) is 0. The summed E-state index contributed by atoms with van der Waals surface area (Å²) in [4.78, 5) is 2.44.